The van der Waals surface area contributed by atoms with E-state index in [0.29, 0.717) is 11.4 Å². The molecular formula is C19H30IN3O2S. The van der Waals surface area contributed by atoms with Crippen LogP contribution in [0.15, 0.2) is 40.2 Å². The van der Waals surface area contributed by atoms with Crippen molar-refractivity contribution in [2.45, 2.75) is 37.5 Å². The largest absolute Gasteiger partial charge is 0.357 e. The minimum Gasteiger partial charge on any atom is -0.357 e. The molecule has 0 radical (unpaired) electrons. The Morgan fingerprint density at radius 2 is 1.77 bits per heavy atom. The highest BCUT2D eigenvalue weighted by Gasteiger charge is 2.35. The van der Waals surface area contributed by atoms with Crippen LogP contribution < -0.4 is 5.32 Å². The van der Waals surface area contributed by atoms with Crippen molar-refractivity contribution in [1.29, 1.82) is 0 Å². The topological polar surface area (TPSA) is 61.8 Å². The fraction of sp³-hybridized carbons (Fsp3) is 0.632. The minimum atomic E-state index is -3.27. The number of halogens is 1. The summed E-state index contributed by atoms with van der Waals surface area (Å²) in [6.07, 6.45) is 5.34. The van der Waals surface area contributed by atoms with Crippen LogP contribution in [-0.4, -0.2) is 51.2 Å². The van der Waals surface area contributed by atoms with Crippen molar-refractivity contribution < 1.29 is 8.42 Å². The Bertz CT molecular complexity index is 680. The lowest BCUT2D eigenvalue weighted by atomic mass is 9.82. The average Bonchev–Trinajstić information content (AvgIpc) is 3.06. The van der Waals surface area contributed by atoms with Crippen molar-refractivity contribution in [3.05, 3.63) is 30.3 Å². The molecule has 1 N–H and O–H groups in total. The van der Waals surface area contributed by atoms with Crippen LogP contribution in [0.2, 0.25) is 0 Å². The molecule has 146 valence electrons. The molecule has 2 fully saturated rings. The van der Waals surface area contributed by atoms with Crippen LogP contribution in [-0.2, 0) is 9.84 Å². The number of hydrogen-bond acceptors (Lipinski definition) is 3. The lowest BCUT2D eigenvalue weighted by Crippen LogP contribution is -2.40. The SMILES string of the molecule is CCNC(=NCCS(=O)(=O)c1ccccc1)N1CC2CCCCC2C1.I. The van der Waals surface area contributed by atoms with Gasteiger partial charge in [-0.05, 0) is 43.7 Å². The van der Waals surface area contributed by atoms with Gasteiger partial charge >= 0.3 is 0 Å². The molecule has 0 amide bonds. The first kappa shape index (κ1) is 21.5. The normalized spacial score (nSPS) is 23.3. The van der Waals surface area contributed by atoms with E-state index in [9.17, 15) is 8.42 Å². The number of guanidine groups is 1. The predicted octanol–water partition coefficient (Wildman–Crippen LogP) is 3.17. The lowest BCUT2D eigenvalue weighted by Gasteiger charge is -2.22. The molecule has 1 saturated heterocycles. The average molecular weight is 491 g/mol. The van der Waals surface area contributed by atoms with Crippen LogP contribution in [0.3, 0.4) is 0 Å². The van der Waals surface area contributed by atoms with Crippen LogP contribution in [0.4, 0.5) is 0 Å². The molecule has 0 aromatic heterocycles. The number of nitrogens with one attached hydrogen (secondary N) is 1. The van der Waals surface area contributed by atoms with Gasteiger partial charge in [-0.1, -0.05) is 31.0 Å². The smallest absolute Gasteiger partial charge is 0.193 e. The number of sulfone groups is 1. The molecule has 1 saturated carbocycles. The summed E-state index contributed by atoms with van der Waals surface area (Å²) >= 11 is 0. The highest BCUT2D eigenvalue weighted by molar-refractivity contribution is 14.0. The molecule has 1 heterocycles. The molecule has 2 aliphatic rings. The number of rotatable bonds is 5. The first-order chi connectivity index (χ1) is 12.1. The maximum atomic E-state index is 12.4. The van der Waals surface area contributed by atoms with E-state index in [0.717, 1.165) is 37.4 Å². The van der Waals surface area contributed by atoms with Crippen LogP contribution in [0.1, 0.15) is 32.6 Å². The minimum absolute atomic E-state index is 0. The Kier molecular flexibility index (Phi) is 8.19. The zero-order valence-electron chi connectivity index (χ0n) is 15.4. The summed E-state index contributed by atoms with van der Waals surface area (Å²) < 4.78 is 24.8. The van der Waals surface area contributed by atoms with E-state index in [1.165, 1.54) is 25.7 Å². The molecule has 2 unspecified atom stereocenters. The third-order valence-corrected chi connectivity index (χ3v) is 7.05. The van der Waals surface area contributed by atoms with Gasteiger partial charge in [0.05, 0.1) is 17.2 Å². The van der Waals surface area contributed by atoms with Crippen LogP contribution in [0, 0.1) is 11.8 Å². The van der Waals surface area contributed by atoms with Crippen molar-refractivity contribution in [1.82, 2.24) is 10.2 Å². The third-order valence-electron chi connectivity index (χ3n) is 5.33. The summed E-state index contributed by atoms with van der Waals surface area (Å²) in [6.45, 7) is 5.27. The Morgan fingerprint density at radius 1 is 1.15 bits per heavy atom. The molecule has 1 aromatic carbocycles. The van der Waals surface area contributed by atoms with Gasteiger partial charge in [0.25, 0.3) is 0 Å². The Morgan fingerprint density at radius 3 is 2.35 bits per heavy atom. The van der Waals surface area contributed by atoms with Gasteiger partial charge in [-0.3, -0.25) is 4.99 Å². The van der Waals surface area contributed by atoms with Gasteiger partial charge in [-0.25, -0.2) is 8.42 Å². The van der Waals surface area contributed by atoms with E-state index in [2.05, 4.69) is 22.1 Å². The second-order valence-corrected chi connectivity index (χ2v) is 9.19. The highest BCUT2D eigenvalue weighted by Crippen LogP contribution is 2.35. The second kappa shape index (κ2) is 9.92. The number of nitrogens with zero attached hydrogens (tertiary/aromatic N) is 2. The number of likely N-dealkylation sites (tertiary alicyclic amines) is 1. The van der Waals surface area contributed by atoms with Crippen molar-refractivity contribution in [2.24, 2.45) is 16.8 Å². The predicted molar refractivity (Wildman–Crippen MR) is 117 cm³/mol. The summed E-state index contributed by atoms with van der Waals surface area (Å²) in [5.41, 5.74) is 0. The Hall–Kier alpha value is -0.830. The first-order valence-electron chi connectivity index (χ1n) is 9.41. The molecule has 1 aliphatic carbocycles. The van der Waals surface area contributed by atoms with Gasteiger partial charge in [-0.15, -0.1) is 24.0 Å². The van der Waals surface area contributed by atoms with E-state index in [4.69, 9.17) is 0 Å². The molecule has 3 rings (SSSR count). The van der Waals surface area contributed by atoms with E-state index < -0.39 is 9.84 Å². The summed E-state index contributed by atoms with van der Waals surface area (Å²) in [4.78, 5) is 7.33. The molecule has 0 spiro atoms. The van der Waals surface area contributed by atoms with Gasteiger partial charge < -0.3 is 10.2 Å². The summed E-state index contributed by atoms with van der Waals surface area (Å²) in [5.74, 6) is 2.49. The van der Waals surface area contributed by atoms with Crippen molar-refractivity contribution in [2.75, 3.05) is 31.9 Å². The number of benzene rings is 1. The fourth-order valence-corrected chi connectivity index (χ4v) is 5.16. The summed E-state index contributed by atoms with van der Waals surface area (Å²) in [7, 11) is -3.27. The number of hydrogen-bond donors (Lipinski definition) is 1. The number of fused-ring (bicyclic) bond motifs is 1. The molecule has 1 aromatic rings. The molecule has 7 heteroatoms. The van der Waals surface area contributed by atoms with Gasteiger partial charge in [0, 0.05) is 19.6 Å². The molecule has 0 bridgehead atoms. The molecule has 2 atom stereocenters. The summed E-state index contributed by atoms with van der Waals surface area (Å²) in [6, 6.07) is 8.64. The molecule has 26 heavy (non-hydrogen) atoms. The maximum absolute atomic E-state index is 12.4. The highest BCUT2D eigenvalue weighted by atomic mass is 127. The van der Waals surface area contributed by atoms with Crippen LogP contribution in [0.25, 0.3) is 0 Å². The van der Waals surface area contributed by atoms with Crippen LogP contribution >= 0.6 is 24.0 Å². The van der Waals surface area contributed by atoms with E-state index >= 15 is 0 Å². The van der Waals surface area contributed by atoms with E-state index in [1.54, 1.807) is 24.3 Å². The zero-order chi connectivity index (χ0) is 17.7. The monoisotopic (exact) mass is 491 g/mol. The van der Waals surface area contributed by atoms with Crippen molar-refractivity contribution >= 4 is 39.8 Å². The number of aliphatic imine (C=N–C) groups is 1. The van der Waals surface area contributed by atoms with Gasteiger partial charge in [0.15, 0.2) is 15.8 Å². The van der Waals surface area contributed by atoms with Gasteiger partial charge in [0.1, 0.15) is 0 Å². The Balaban J connectivity index is 0.00000243. The lowest BCUT2D eigenvalue weighted by molar-refractivity contribution is 0.299. The Labute approximate surface area is 174 Å². The quantitative estimate of drug-likeness (QED) is 0.391. The van der Waals surface area contributed by atoms with Gasteiger partial charge in [0.2, 0.25) is 0 Å². The molecule has 5 nitrogen and oxygen atoms in total. The van der Waals surface area contributed by atoms with Crippen LogP contribution in [0.5, 0.6) is 0 Å². The first-order valence-corrected chi connectivity index (χ1v) is 11.1. The second-order valence-electron chi connectivity index (χ2n) is 7.08. The zero-order valence-corrected chi connectivity index (χ0v) is 18.6. The molecule has 1 aliphatic heterocycles. The third kappa shape index (κ3) is 5.34. The van der Waals surface area contributed by atoms with E-state index in [1.807, 2.05) is 6.07 Å². The van der Waals surface area contributed by atoms with Gasteiger partial charge in [-0.2, -0.15) is 0 Å². The van der Waals surface area contributed by atoms with Crippen molar-refractivity contribution in [3.63, 3.8) is 0 Å². The van der Waals surface area contributed by atoms with Crippen molar-refractivity contribution in [3.8, 4) is 0 Å². The fourth-order valence-electron chi connectivity index (χ4n) is 4.02. The van der Waals surface area contributed by atoms with E-state index in [-0.39, 0.29) is 29.7 Å². The standard InChI is InChI=1S/C19H29N3O2S.HI/c1-2-20-19(22-14-16-8-6-7-9-17(16)15-22)21-12-13-25(23,24)18-10-4-3-5-11-18;/h3-5,10-11,16-17H,2,6-9,12-15H2,1H3,(H,20,21);1H. The maximum Gasteiger partial charge on any atom is 0.193 e. The molecular weight excluding hydrogens is 461 g/mol. The summed E-state index contributed by atoms with van der Waals surface area (Å²) in [5, 5.41) is 3.34.